The summed E-state index contributed by atoms with van der Waals surface area (Å²) in [6.45, 7) is 5.72. The van der Waals surface area contributed by atoms with Crippen LogP contribution >= 0.6 is 0 Å². The van der Waals surface area contributed by atoms with Crippen molar-refractivity contribution in [2.75, 3.05) is 17.2 Å². The average molecular weight is 398 g/mol. The number of rotatable bonds is 6. The van der Waals surface area contributed by atoms with Gasteiger partial charge in [0.2, 0.25) is 11.8 Å². The first-order chi connectivity index (χ1) is 13.9. The molecule has 7 heteroatoms. The third-order valence-electron chi connectivity index (χ3n) is 4.29. The van der Waals surface area contributed by atoms with Crippen LogP contribution in [0.25, 0.3) is 6.08 Å². The lowest BCUT2D eigenvalue weighted by molar-refractivity contribution is -0.114. The van der Waals surface area contributed by atoms with Crippen LogP contribution in [0.4, 0.5) is 15.8 Å². The number of amides is 2. The van der Waals surface area contributed by atoms with Gasteiger partial charge in [0.15, 0.2) is 0 Å². The van der Waals surface area contributed by atoms with Crippen LogP contribution < -0.4 is 20.1 Å². The Morgan fingerprint density at radius 1 is 1.28 bits per heavy atom. The van der Waals surface area contributed by atoms with Gasteiger partial charge in [0.25, 0.3) is 0 Å². The number of hydrogen-bond acceptors (Lipinski definition) is 4. The first kappa shape index (κ1) is 20.4. The minimum Gasteiger partial charge on any atom is -0.493 e. The van der Waals surface area contributed by atoms with E-state index >= 15 is 0 Å². The molecule has 1 aliphatic heterocycles. The van der Waals surface area contributed by atoms with E-state index in [-0.39, 0.29) is 17.7 Å². The van der Waals surface area contributed by atoms with Crippen molar-refractivity contribution in [3.63, 3.8) is 0 Å². The van der Waals surface area contributed by atoms with Crippen LogP contribution in [-0.2, 0) is 16.0 Å². The minimum absolute atomic E-state index is 0.0259. The van der Waals surface area contributed by atoms with Gasteiger partial charge in [0, 0.05) is 36.2 Å². The molecule has 0 radical (unpaired) electrons. The summed E-state index contributed by atoms with van der Waals surface area (Å²) in [5, 5.41) is 5.03. The molecule has 2 aromatic carbocycles. The fraction of sp³-hybridized carbons (Fsp3) is 0.273. The van der Waals surface area contributed by atoms with E-state index in [0.29, 0.717) is 23.6 Å². The molecule has 1 heterocycles. The molecule has 1 aliphatic rings. The molecule has 0 fully saturated rings. The maximum atomic E-state index is 14.0. The summed E-state index contributed by atoms with van der Waals surface area (Å²) in [6.07, 6.45) is 3.81. The second kappa shape index (κ2) is 8.77. The zero-order valence-corrected chi connectivity index (χ0v) is 16.5. The van der Waals surface area contributed by atoms with Crippen LogP contribution in [0.3, 0.4) is 0 Å². The molecule has 152 valence electrons. The molecule has 29 heavy (non-hydrogen) atoms. The molecule has 0 aliphatic carbocycles. The second-order valence-electron chi connectivity index (χ2n) is 6.76. The van der Waals surface area contributed by atoms with Gasteiger partial charge in [0.1, 0.15) is 23.4 Å². The van der Waals surface area contributed by atoms with Crippen LogP contribution in [0, 0.1) is 5.82 Å². The average Bonchev–Trinajstić information content (AvgIpc) is 3.01. The Morgan fingerprint density at radius 2 is 2.07 bits per heavy atom. The Bertz CT molecular complexity index is 972. The summed E-state index contributed by atoms with van der Waals surface area (Å²) < 4.78 is 25.4. The summed E-state index contributed by atoms with van der Waals surface area (Å²) in [6, 6.07) is 7.72. The monoisotopic (exact) mass is 398 g/mol. The highest BCUT2D eigenvalue weighted by Gasteiger charge is 2.21. The number of fused-ring (bicyclic) bond motifs is 1. The van der Waals surface area contributed by atoms with Gasteiger partial charge in [-0.15, -0.1) is 0 Å². The molecular formula is C22H23FN2O4. The van der Waals surface area contributed by atoms with Crippen LogP contribution in [-0.4, -0.2) is 24.5 Å². The number of halogens is 1. The maximum Gasteiger partial charge on any atom is 0.248 e. The molecule has 0 spiro atoms. The highest BCUT2D eigenvalue weighted by molar-refractivity contribution is 6.02. The van der Waals surface area contributed by atoms with E-state index in [1.54, 1.807) is 6.08 Å². The quantitative estimate of drug-likeness (QED) is 0.717. The number of hydrogen-bond donors (Lipinski definition) is 2. The molecule has 0 saturated carbocycles. The summed E-state index contributed by atoms with van der Waals surface area (Å²) in [7, 11) is 0. The summed E-state index contributed by atoms with van der Waals surface area (Å²) in [4.78, 5) is 23.5. The van der Waals surface area contributed by atoms with Gasteiger partial charge in [-0.2, -0.15) is 0 Å². The van der Waals surface area contributed by atoms with Crippen molar-refractivity contribution in [1.29, 1.82) is 0 Å². The Hall–Kier alpha value is -3.35. The largest absolute Gasteiger partial charge is 0.493 e. The first-order valence-corrected chi connectivity index (χ1v) is 9.38. The lowest BCUT2D eigenvalue weighted by Crippen LogP contribution is -2.11. The van der Waals surface area contributed by atoms with Crippen molar-refractivity contribution >= 4 is 29.3 Å². The summed E-state index contributed by atoms with van der Waals surface area (Å²) in [5.74, 6) is 0.0316. The molecule has 6 nitrogen and oxygen atoms in total. The van der Waals surface area contributed by atoms with Crippen molar-refractivity contribution in [1.82, 2.24) is 0 Å². The number of carbonyl (C=O) groups excluding carboxylic acids is 2. The molecule has 1 atom stereocenters. The van der Waals surface area contributed by atoms with Crippen molar-refractivity contribution in [2.24, 2.45) is 0 Å². The van der Waals surface area contributed by atoms with E-state index in [1.165, 1.54) is 31.2 Å². The van der Waals surface area contributed by atoms with Crippen LogP contribution in [0.5, 0.6) is 11.5 Å². The van der Waals surface area contributed by atoms with E-state index in [2.05, 4.69) is 10.6 Å². The third-order valence-corrected chi connectivity index (χ3v) is 4.29. The summed E-state index contributed by atoms with van der Waals surface area (Å²) in [5.41, 5.74) is 2.13. The van der Waals surface area contributed by atoms with Gasteiger partial charge in [0.05, 0.1) is 12.3 Å². The standard InChI is InChI=1S/C22H23FN2O4/c1-4-28-20-11-16-9-13(2)29-21(16)10-15(20)5-8-22(27)25-19-12-17(24-14(3)26)6-7-18(19)23/h5-8,10-13H,4,9H2,1-3H3,(H,24,26)(H,25,27)/b8-5+. The van der Waals surface area contributed by atoms with Crippen LogP contribution in [0.15, 0.2) is 36.4 Å². The highest BCUT2D eigenvalue weighted by atomic mass is 19.1. The summed E-state index contributed by atoms with van der Waals surface area (Å²) >= 11 is 0. The van der Waals surface area contributed by atoms with Crippen LogP contribution in [0.2, 0.25) is 0 Å². The SMILES string of the molecule is CCOc1cc2c(cc1/C=C/C(=O)Nc1cc(NC(C)=O)ccc1F)OC(C)C2. The fourth-order valence-electron chi connectivity index (χ4n) is 3.11. The highest BCUT2D eigenvalue weighted by Crippen LogP contribution is 2.35. The molecule has 1 unspecified atom stereocenters. The lowest BCUT2D eigenvalue weighted by atomic mass is 10.1. The van der Waals surface area contributed by atoms with Crippen LogP contribution in [0.1, 0.15) is 31.9 Å². The zero-order valence-electron chi connectivity index (χ0n) is 16.5. The van der Waals surface area contributed by atoms with Crippen molar-refractivity contribution in [2.45, 2.75) is 33.3 Å². The Morgan fingerprint density at radius 3 is 2.79 bits per heavy atom. The molecule has 0 aromatic heterocycles. The smallest absolute Gasteiger partial charge is 0.248 e. The van der Waals surface area contributed by atoms with E-state index in [9.17, 15) is 14.0 Å². The predicted molar refractivity (Wildman–Crippen MR) is 110 cm³/mol. The number of anilines is 2. The van der Waals surface area contributed by atoms with Gasteiger partial charge in [-0.1, -0.05) is 0 Å². The number of nitrogens with one attached hydrogen (secondary N) is 2. The van der Waals surface area contributed by atoms with E-state index < -0.39 is 11.7 Å². The third kappa shape index (κ3) is 5.13. The molecule has 2 N–H and O–H groups in total. The van der Waals surface area contributed by atoms with Crippen molar-refractivity contribution in [3.8, 4) is 11.5 Å². The Kier molecular flexibility index (Phi) is 6.16. The maximum absolute atomic E-state index is 14.0. The van der Waals surface area contributed by atoms with Gasteiger partial charge in [-0.05, 0) is 50.3 Å². The van der Waals surface area contributed by atoms with Gasteiger partial charge < -0.3 is 20.1 Å². The lowest BCUT2D eigenvalue weighted by Gasteiger charge is -2.10. The number of ether oxygens (including phenoxy) is 2. The Labute approximate surface area is 168 Å². The van der Waals surface area contributed by atoms with E-state index in [4.69, 9.17) is 9.47 Å². The topological polar surface area (TPSA) is 76.7 Å². The number of benzene rings is 2. The first-order valence-electron chi connectivity index (χ1n) is 9.38. The van der Waals surface area contributed by atoms with Gasteiger partial charge >= 0.3 is 0 Å². The fourth-order valence-corrected chi connectivity index (χ4v) is 3.11. The van der Waals surface area contributed by atoms with Crippen molar-refractivity contribution in [3.05, 3.63) is 53.4 Å². The second-order valence-corrected chi connectivity index (χ2v) is 6.76. The van der Waals surface area contributed by atoms with E-state index in [1.807, 2.05) is 26.0 Å². The molecule has 0 bridgehead atoms. The van der Waals surface area contributed by atoms with Gasteiger partial charge in [-0.3, -0.25) is 9.59 Å². The van der Waals surface area contributed by atoms with Crippen molar-refractivity contribution < 1.29 is 23.5 Å². The minimum atomic E-state index is -0.601. The predicted octanol–water partition coefficient (Wildman–Crippen LogP) is 4.16. The molecule has 2 amide bonds. The zero-order chi connectivity index (χ0) is 21.0. The van der Waals surface area contributed by atoms with Gasteiger partial charge in [-0.25, -0.2) is 4.39 Å². The molecule has 3 rings (SSSR count). The van der Waals surface area contributed by atoms with E-state index in [0.717, 1.165) is 17.7 Å². The molecule has 2 aromatic rings. The Balaban J connectivity index is 1.77. The number of carbonyl (C=O) groups is 2. The molecular weight excluding hydrogens is 375 g/mol. The normalized spacial score (nSPS) is 15.0. The molecule has 0 saturated heterocycles.